The number of thioether (sulfide) groups is 1. The van der Waals surface area contributed by atoms with Gasteiger partial charge < -0.3 is 14.7 Å². The maximum Gasteiger partial charge on any atom is 0.251 e. The minimum Gasteiger partial charge on any atom is -0.618 e. The minimum atomic E-state index is 0.550. The van der Waals surface area contributed by atoms with Crippen molar-refractivity contribution in [3.63, 3.8) is 0 Å². The summed E-state index contributed by atoms with van der Waals surface area (Å²) in [6, 6.07) is 13.0. The van der Waals surface area contributed by atoms with Crippen molar-refractivity contribution in [3.8, 4) is 11.5 Å². The molecule has 0 amide bonds. The Balaban J connectivity index is 1.72. The Kier molecular flexibility index (Phi) is 6.22. The van der Waals surface area contributed by atoms with Gasteiger partial charge in [0.15, 0.2) is 6.20 Å². The van der Waals surface area contributed by atoms with Crippen molar-refractivity contribution in [3.05, 3.63) is 53.9 Å². The second-order valence-electron chi connectivity index (χ2n) is 4.38. The molecule has 0 spiro atoms. The summed E-state index contributed by atoms with van der Waals surface area (Å²) >= 11 is 1.48. The summed E-state index contributed by atoms with van der Waals surface area (Å²) in [6.45, 7) is 3.35. The molecule has 0 saturated carbocycles. The molecule has 2 rings (SSSR count). The van der Waals surface area contributed by atoms with Gasteiger partial charge in [-0.15, -0.1) is 0 Å². The fourth-order valence-electron chi connectivity index (χ4n) is 1.68. The van der Waals surface area contributed by atoms with Gasteiger partial charge in [0.05, 0.1) is 13.2 Å². The monoisotopic (exact) mass is 305 g/mol. The lowest BCUT2D eigenvalue weighted by molar-refractivity contribution is -0.645. The Morgan fingerprint density at radius 3 is 2.29 bits per heavy atom. The Morgan fingerprint density at radius 1 is 1.00 bits per heavy atom. The highest BCUT2D eigenvalue weighted by Gasteiger charge is 2.04. The Hall–Kier alpha value is -1.88. The first-order chi connectivity index (χ1) is 10.3. The quantitative estimate of drug-likeness (QED) is 0.325. The molecular formula is C16H19NO3S. The zero-order chi connectivity index (χ0) is 14.9. The molecule has 2 aromatic rings. The van der Waals surface area contributed by atoms with E-state index in [2.05, 4.69) is 6.92 Å². The van der Waals surface area contributed by atoms with Crippen LogP contribution in [0.2, 0.25) is 0 Å². The molecule has 0 saturated heterocycles. The average Bonchev–Trinajstić information content (AvgIpc) is 2.52. The van der Waals surface area contributed by atoms with Crippen molar-refractivity contribution in [2.45, 2.75) is 18.4 Å². The molecule has 0 aliphatic rings. The maximum atomic E-state index is 11.4. The molecule has 21 heavy (non-hydrogen) atoms. The molecule has 1 aromatic heterocycles. The Bertz CT molecular complexity index is 545. The van der Waals surface area contributed by atoms with E-state index in [9.17, 15) is 5.21 Å². The maximum absolute atomic E-state index is 11.4. The standard InChI is InChI=1S/C16H19NO3S/c1-2-11-19-14-6-8-15(9-7-14)20-12-13-21-16-5-3-4-10-17(16)18/h3-10H,2,11-13H2,1H3. The number of pyridine rings is 1. The fraction of sp³-hybridized carbons (Fsp3) is 0.312. The molecule has 0 atom stereocenters. The number of nitrogens with zero attached hydrogens (tertiary/aromatic N) is 1. The molecule has 0 N–H and O–H groups in total. The highest BCUT2D eigenvalue weighted by Crippen LogP contribution is 2.18. The third-order valence-electron chi connectivity index (χ3n) is 2.69. The molecule has 112 valence electrons. The molecule has 4 nitrogen and oxygen atoms in total. The van der Waals surface area contributed by atoms with Crippen molar-refractivity contribution in [2.24, 2.45) is 0 Å². The summed E-state index contributed by atoms with van der Waals surface area (Å²) in [4.78, 5) is 0. The molecule has 0 aliphatic carbocycles. The lowest BCUT2D eigenvalue weighted by atomic mass is 10.3. The van der Waals surface area contributed by atoms with E-state index in [0.29, 0.717) is 11.6 Å². The van der Waals surface area contributed by atoms with Crippen LogP contribution in [0.5, 0.6) is 11.5 Å². The zero-order valence-corrected chi connectivity index (χ0v) is 12.8. The molecule has 0 unspecified atom stereocenters. The van der Waals surface area contributed by atoms with E-state index in [-0.39, 0.29) is 0 Å². The lowest BCUT2D eigenvalue weighted by Crippen LogP contribution is -2.27. The van der Waals surface area contributed by atoms with E-state index in [1.54, 1.807) is 12.1 Å². The van der Waals surface area contributed by atoms with Gasteiger partial charge in [0, 0.05) is 17.9 Å². The van der Waals surface area contributed by atoms with Gasteiger partial charge >= 0.3 is 0 Å². The predicted octanol–water partition coefficient (Wildman–Crippen LogP) is 3.28. The largest absolute Gasteiger partial charge is 0.618 e. The summed E-state index contributed by atoms with van der Waals surface area (Å²) in [7, 11) is 0. The topological polar surface area (TPSA) is 45.4 Å². The summed E-state index contributed by atoms with van der Waals surface area (Å²) < 4.78 is 12.0. The second kappa shape index (κ2) is 8.42. The Labute approximate surface area is 129 Å². The van der Waals surface area contributed by atoms with E-state index in [4.69, 9.17) is 9.47 Å². The number of aromatic nitrogens is 1. The van der Waals surface area contributed by atoms with Crippen LogP contribution in [-0.2, 0) is 0 Å². The number of ether oxygens (including phenoxy) is 2. The number of rotatable bonds is 8. The van der Waals surface area contributed by atoms with Crippen molar-refractivity contribution in [1.29, 1.82) is 0 Å². The third kappa shape index (κ3) is 5.19. The normalized spacial score (nSPS) is 10.3. The van der Waals surface area contributed by atoms with Crippen LogP contribution in [0.3, 0.4) is 0 Å². The van der Waals surface area contributed by atoms with Crippen LogP contribution >= 0.6 is 11.8 Å². The molecule has 0 aliphatic heterocycles. The van der Waals surface area contributed by atoms with Crippen LogP contribution in [0.25, 0.3) is 0 Å². The van der Waals surface area contributed by atoms with Crippen LogP contribution in [0.15, 0.2) is 53.7 Å². The van der Waals surface area contributed by atoms with Gasteiger partial charge in [0.1, 0.15) is 11.5 Å². The van der Waals surface area contributed by atoms with Gasteiger partial charge in [-0.2, -0.15) is 4.73 Å². The van der Waals surface area contributed by atoms with Gasteiger partial charge in [-0.3, -0.25) is 0 Å². The van der Waals surface area contributed by atoms with Gasteiger partial charge in [0.25, 0.3) is 5.03 Å². The first-order valence-corrected chi connectivity index (χ1v) is 7.95. The van der Waals surface area contributed by atoms with Crippen LogP contribution in [0.1, 0.15) is 13.3 Å². The minimum absolute atomic E-state index is 0.550. The van der Waals surface area contributed by atoms with Crippen LogP contribution < -0.4 is 14.2 Å². The average molecular weight is 305 g/mol. The third-order valence-corrected chi connectivity index (χ3v) is 3.67. The van der Waals surface area contributed by atoms with Crippen molar-refractivity contribution < 1.29 is 14.2 Å². The SMILES string of the molecule is CCCOc1ccc(OCCSc2cccc[n+]2[O-])cc1. The molecular weight excluding hydrogens is 286 g/mol. The first kappa shape index (κ1) is 15.5. The molecule has 0 radical (unpaired) electrons. The fourth-order valence-corrected chi connectivity index (χ4v) is 2.42. The summed E-state index contributed by atoms with van der Waals surface area (Å²) in [6.07, 6.45) is 2.49. The molecule has 1 aromatic carbocycles. The summed E-state index contributed by atoms with van der Waals surface area (Å²) in [5, 5.41) is 12.1. The predicted molar refractivity (Wildman–Crippen MR) is 83.8 cm³/mol. The molecule has 5 heteroatoms. The smallest absolute Gasteiger partial charge is 0.251 e. The number of hydrogen-bond donors (Lipinski definition) is 0. The van der Waals surface area contributed by atoms with E-state index in [0.717, 1.165) is 35.0 Å². The van der Waals surface area contributed by atoms with Crippen molar-refractivity contribution >= 4 is 11.8 Å². The zero-order valence-electron chi connectivity index (χ0n) is 12.0. The van der Waals surface area contributed by atoms with Gasteiger partial charge in [-0.1, -0.05) is 18.7 Å². The van der Waals surface area contributed by atoms with Crippen molar-refractivity contribution in [1.82, 2.24) is 0 Å². The van der Waals surface area contributed by atoms with E-state index in [1.807, 2.05) is 30.3 Å². The van der Waals surface area contributed by atoms with E-state index < -0.39 is 0 Å². The van der Waals surface area contributed by atoms with E-state index in [1.165, 1.54) is 18.0 Å². The molecule has 0 fully saturated rings. The first-order valence-electron chi connectivity index (χ1n) is 6.96. The van der Waals surface area contributed by atoms with Crippen LogP contribution in [-0.4, -0.2) is 19.0 Å². The number of benzene rings is 1. The molecule has 0 bridgehead atoms. The van der Waals surface area contributed by atoms with Gasteiger partial charge in [0.2, 0.25) is 0 Å². The summed E-state index contributed by atoms with van der Waals surface area (Å²) in [5.41, 5.74) is 0. The van der Waals surface area contributed by atoms with Crippen LogP contribution in [0.4, 0.5) is 0 Å². The van der Waals surface area contributed by atoms with Crippen molar-refractivity contribution in [2.75, 3.05) is 19.0 Å². The second-order valence-corrected chi connectivity index (χ2v) is 5.50. The summed E-state index contributed by atoms with van der Waals surface area (Å²) in [5.74, 6) is 2.39. The highest BCUT2D eigenvalue weighted by molar-refractivity contribution is 7.99. The van der Waals surface area contributed by atoms with Gasteiger partial charge in [-0.05, 0) is 36.8 Å². The van der Waals surface area contributed by atoms with Crippen LogP contribution in [0, 0.1) is 5.21 Å². The molecule has 1 heterocycles. The number of hydrogen-bond acceptors (Lipinski definition) is 4. The Morgan fingerprint density at radius 2 is 1.67 bits per heavy atom. The van der Waals surface area contributed by atoms with E-state index >= 15 is 0 Å². The highest BCUT2D eigenvalue weighted by atomic mass is 32.2. The lowest BCUT2D eigenvalue weighted by Gasteiger charge is -2.08. The van der Waals surface area contributed by atoms with Gasteiger partial charge in [-0.25, -0.2) is 0 Å².